The van der Waals surface area contributed by atoms with Gasteiger partial charge in [-0.1, -0.05) is 47.2 Å². The lowest BCUT2D eigenvalue weighted by molar-refractivity contribution is -0.128. The minimum Gasteiger partial charge on any atom is -0.494 e. The van der Waals surface area contributed by atoms with Crippen molar-refractivity contribution in [2.45, 2.75) is 52.7 Å². The zero-order valence-corrected chi connectivity index (χ0v) is 21.9. The summed E-state index contributed by atoms with van der Waals surface area (Å²) < 4.78 is 7.16. The fourth-order valence-corrected chi connectivity index (χ4v) is 4.15. The molecule has 2 amide bonds. The van der Waals surface area contributed by atoms with E-state index in [-0.39, 0.29) is 18.4 Å². The van der Waals surface area contributed by atoms with E-state index in [4.69, 9.17) is 4.74 Å². The van der Waals surface area contributed by atoms with Crippen LogP contribution < -0.4 is 15.0 Å². The van der Waals surface area contributed by atoms with Gasteiger partial charge >= 0.3 is 0 Å². The zero-order valence-electron chi connectivity index (χ0n) is 21.9. The number of nitrogens with one attached hydrogen (secondary N) is 1. The van der Waals surface area contributed by atoms with Crippen LogP contribution in [-0.4, -0.2) is 39.0 Å². The predicted molar refractivity (Wildman–Crippen MR) is 144 cm³/mol. The van der Waals surface area contributed by atoms with Crippen molar-refractivity contribution in [2.24, 2.45) is 0 Å². The second-order valence-electron chi connectivity index (χ2n) is 9.98. The summed E-state index contributed by atoms with van der Waals surface area (Å²) in [4.78, 5) is 29.4. The number of nitrogens with zero attached hydrogens (tertiary/aromatic N) is 4. The summed E-state index contributed by atoms with van der Waals surface area (Å²) in [5.74, 6) is 0.125. The fourth-order valence-electron chi connectivity index (χ4n) is 4.15. The van der Waals surface area contributed by atoms with Gasteiger partial charge in [0, 0.05) is 11.2 Å². The topological polar surface area (TPSA) is 89.4 Å². The van der Waals surface area contributed by atoms with E-state index >= 15 is 0 Å². The maximum atomic E-state index is 14.0. The molecule has 0 saturated carbocycles. The Kier molecular flexibility index (Phi) is 7.57. The number of anilines is 1. The molecule has 0 aliphatic rings. The number of aromatic nitrogens is 3. The van der Waals surface area contributed by atoms with Crippen LogP contribution in [0.2, 0.25) is 0 Å². The molecule has 4 aromatic rings. The SMILES string of the molecule is CCOc1ccc([C@@H](C(=O)NC(C)(C)C)N(C(=O)Cn2nnc3ccccc32)c2ccc(C)cc2)cc1. The second-order valence-corrected chi connectivity index (χ2v) is 9.98. The van der Waals surface area contributed by atoms with E-state index in [2.05, 4.69) is 15.6 Å². The minimum absolute atomic E-state index is 0.0787. The summed E-state index contributed by atoms with van der Waals surface area (Å²) >= 11 is 0. The molecule has 0 bridgehead atoms. The van der Waals surface area contributed by atoms with Crippen molar-refractivity contribution < 1.29 is 14.3 Å². The number of carbonyl (C=O) groups is 2. The van der Waals surface area contributed by atoms with Crippen molar-refractivity contribution in [3.63, 3.8) is 0 Å². The zero-order chi connectivity index (χ0) is 26.6. The smallest absolute Gasteiger partial charge is 0.249 e. The molecule has 0 unspecified atom stereocenters. The molecule has 0 saturated heterocycles. The van der Waals surface area contributed by atoms with Gasteiger partial charge in [-0.3, -0.25) is 14.5 Å². The van der Waals surface area contributed by atoms with E-state index in [0.717, 1.165) is 11.1 Å². The Labute approximate surface area is 217 Å². The van der Waals surface area contributed by atoms with Gasteiger partial charge in [-0.2, -0.15) is 0 Å². The van der Waals surface area contributed by atoms with Crippen LogP contribution in [-0.2, 0) is 16.1 Å². The molecule has 4 rings (SSSR count). The van der Waals surface area contributed by atoms with Crippen molar-refractivity contribution in [2.75, 3.05) is 11.5 Å². The molecule has 0 fully saturated rings. The highest BCUT2D eigenvalue weighted by Gasteiger charge is 2.34. The Morgan fingerprint density at radius 2 is 1.68 bits per heavy atom. The molecule has 0 radical (unpaired) electrons. The molecule has 8 heteroatoms. The molecule has 1 heterocycles. The molecule has 1 aromatic heterocycles. The minimum atomic E-state index is -0.917. The number of aryl methyl sites for hydroxylation is 1. The maximum Gasteiger partial charge on any atom is 0.249 e. The first-order valence-corrected chi connectivity index (χ1v) is 12.4. The van der Waals surface area contributed by atoms with Crippen LogP contribution in [0, 0.1) is 6.92 Å². The van der Waals surface area contributed by atoms with Crippen molar-refractivity contribution in [3.8, 4) is 5.75 Å². The van der Waals surface area contributed by atoms with E-state index in [1.54, 1.807) is 9.58 Å². The van der Waals surface area contributed by atoms with Gasteiger partial charge < -0.3 is 10.1 Å². The normalized spacial score (nSPS) is 12.2. The summed E-state index contributed by atoms with van der Waals surface area (Å²) in [5.41, 5.74) is 3.29. The van der Waals surface area contributed by atoms with Crippen molar-refractivity contribution in [1.82, 2.24) is 20.3 Å². The molecular formula is C29H33N5O3. The van der Waals surface area contributed by atoms with Crippen molar-refractivity contribution >= 4 is 28.5 Å². The maximum absolute atomic E-state index is 14.0. The highest BCUT2D eigenvalue weighted by molar-refractivity contribution is 6.01. The number of para-hydroxylation sites is 1. The molecule has 1 N–H and O–H groups in total. The average molecular weight is 500 g/mol. The van der Waals surface area contributed by atoms with Crippen LogP contribution in [0.25, 0.3) is 11.0 Å². The summed E-state index contributed by atoms with van der Waals surface area (Å²) in [7, 11) is 0. The standard InChI is InChI=1S/C29H33N5O3/c1-6-37-23-17-13-21(14-18-23)27(28(36)30-29(3,4)5)34(22-15-11-20(2)12-16-22)26(35)19-33-25-10-8-7-9-24(25)31-32-33/h7-18,27H,6,19H2,1-5H3,(H,30,36)/t27-/m0/s1. The predicted octanol–water partition coefficient (Wildman–Crippen LogP) is 4.83. The van der Waals surface area contributed by atoms with E-state index in [9.17, 15) is 9.59 Å². The van der Waals surface area contributed by atoms with Crippen LogP contribution in [0.1, 0.15) is 44.9 Å². The first-order valence-electron chi connectivity index (χ1n) is 12.4. The van der Waals surface area contributed by atoms with Crippen LogP contribution >= 0.6 is 0 Å². The van der Waals surface area contributed by atoms with E-state index in [1.807, 2.05) is 107 Å². The van der Waals surface area contributed by atoms with Gasteiger partial charge in [-0.05, 0) is 76.6 Å². The molecule has 37 heavy (non-hydrogen) atoms. The van der Waals surface area contributed by atoms with E-state index < -0.39 is 11.6 Å². The average Bonchev–Trinajstić information content (AvgIpc) is 3.25. The summed E-state index contributed by atoms with van der Waals surface area (Å²) in [6.07, 6.45) is 0. The van der Waals surface area contributed by atoms with Gasteiger partial charge in [0.15, 0.2) is 0 Å². The van der Waals surface area contributed by atoms with Crippen LogP contribution in [0.15, 0.2) is 72.8 Å². The molecule has 0 aliphatic heterocycles. The third-order valence-corrected chi connectivity index (χ3v) is 5.80. The summed E-state index contributed by atoms with van der Waals surface area (Å²) in [5, 5.41) is 11.4. The first-order chi connectivity index (χ1) is 17.7. The van der Waals surface area contributed by atoms with Gasteiger partial charge in [0.25, 0.3) is 0 Å². The van der Waals surface area contributed by atoms with Gasteiger partial charge in [0.05, 0.1) is 12.1 Å². The third-order valence-electron chi connectivity index (χ3n) is 5.80. The van der Waals surface area contributed by atoms with Crippen molar-refractivity contribution in [1.29, 1.82) is 0 Å². The van der Waals surface area contributed by atoms with Crippen molar-refractivity contribution in [3.05, 3.63) is 83.9 Å². The largest absolute Gasteiger partial charge is 0.494 e. The van der Waals surface area contributed by atoms with E-state index in [1.165, 1.54) is 0 Å². The molecule has 3 aromatic carbocycles. The van der Waals surface area contributed by atoms with Crippen LogP contribution in [0.4, 0.5) is 5.69 Å². The summed E-state index contributed by atoms with van der Waals surface area (Å²) in [6.45, 7) is 10.1. The van der Waals surface area contributed by atoms with Gasteiger partial charge in [0.1, 0.15) is 23.9 Å². The lowest BCUT2D eigenvalue weighted by atomic mass is 10.0. The first kappa shape index (κ1) is 25.9. The molecule has 192 valence electrons. The number of carbonyl (C=O) groups excluding carboxylic acids is 2. The monoisotopic (exact) mass is 499 g/mol. The third kappa shape index (κ3) is 6.14. The Bertz CT molecular complexity index is 1370. The number of fused-ring (bicyclic) bond motifs is 1. The number of hydrogen-bond donors (Lipinski definition) is 1. The summed E-state index contributed by atoms with van der Waals surface area (Å²) in [6, 6.07) is 21.4. The highest BCUT2D eigenvalue weighted by Crippen LogP contribution is 2.31. The van der Waals surface area contributed by atoms with E-state index in [0.29, 0.717) is 29.1 Å². The number of rotatable bonds is 8. The number of hydrogen-bond acceptors (Lipinski definition) is 5. The molecule has 8 nitrogen and oxygen atoms in total. The fraction of sp³-hybridized carbons (Fsp3) is 0.310. The molecule has 1 atom stereocenters. The number of benzene rings is 3. The Morgan fingerprint density at radius 3 is 2.32 bits per heavy atom. The number of ether oxygens (including phenoxy) is 1. The lowest BCUT2D eigenvalue weighted by Gasteiger charge is -2.34. The number of amides is 2. The quantitative estimate of drug-likeness (QED) is 0.375. The van der Waals surface area contributed by atoms with Gasteiger partial charge in [-0.25, -0.2) is 4.68 Å². The van der Waals surface area contributed by atoms with Crippen LogP contribution in [0.3, 0.4) is 0 Å². The molecule has 0 spiro atoms. The Morgan fingerprint density at radius 1 is 1.00 bits per heavy atom. The van der Waals surface area contributed by atoms with Crippen LogP contribution in [0.5, 0.6) is 5.75 Å². The van der Waals surface area contributed by atoms with Gasteiger partial charge in [0.2, 0.25) is 11.8 Å². The lowest BCUT2D eigenvalue weighted by Crippen LogP contribution is -2.50. The molecule has 0 aliphatic carbocycles. The highest BCUT2D eigenvalue weighted by atomic mass is 16.5. The Balaban J connectivity index is 1.80. The van der Waals surface area contributed by atoms with Gasteiger partial charge in [-0.15, -0.1) is 5.10 Å². The second kappa shape index (κ2) is 10.8. The molecular weight excluding hydrogens is 466 g/mol. The Hall–Kier alpha value is -4.20.